The zero-order valence-corrected chi connectivity index (χ0v) is 99.5. The van der Waals surface area contributed by atoms with E-state index in [2.05, 4.69) is 0 Å². The number of aliphatic imine (C=N–C) groups is 12. The molecule has 0 atom stereocenters. The molecule has 0 amide bonds. The quantitative estimate of drug-likeness (QED) is 0.0881. The molecule has 0 fully saturated rings. The first-order valence-corrected chi connectivity index (χ1v) is 66.3. The number of rotatable bonds is 24. The number of hydrogen-bond acceptors (Lipinski definition) is 60. The molecule has 2 aromatic rings. The van der Waals surface area contributed by atoms with Crippen LogP contribution in [-0.2, 0) is 203 Å². The summed E-state index contributed by atoms with van der Waals surface area (Å²) < 4.78 is 219. The van der Waals surface area contributed by atoms with E-state index in [0.29, 0.717) is 0 Å². The van der Waals surface area contributed by atoms with Crippen LogP contribution >= 0.6 is 282 Å². The fourth-order valence-electron chi connectivity index (χ4n) is 10.7. The molecule has 0 radical (unpaired) electrons. The van der Waals surface area contributed by atoms with Crippen molar-refractivity contribution in [2.75, 3.05) is 148 Å². The Hall–Kier alpha value is 8.10. The Morgan fingerprint density at radius 1 is 0.144 bits per heavy atom. The molecule has 768 valence electrons. The predicted molar refractivity (Wildman–Crippen MR) is 486 cm³/mol. The van der Waals surface area contributed by atoms with Crippen LogP contribution in [0.3, 0.4) is 0 Å². The van der Waals surface area contributed by atoms with Crippen LogP contribution in [0.25, 0.3) is 0 Å². The van der Waals surface area contributed by atoms with E-state index in [9.17, 15) is 0 Å². The van der Waals surface area contributed by atoms with Gasteiger partial charge in [0.25, 0.3) is 0 Å². The standard InChI is InChI=1S/2C30H36N6S12.6Ag.6ClHO4/c2*1-7-37-25(31-1)43-13-19-20(14-44-26-32-2-8-38-26)22(16-46-28-34-4-10-40-28)24(18-48-30-36-6-12-42-30)23(17-47-29-35-5-11-41-29)21(19)15-45-27-33-3-9-39-27;;;;;;;6*2-1(3,4)5/h2*1-18H2;;;;;;;6*(H,2,3,4,5)/q;;6*+1;;;;;;/p-6. The Bertz CT molecular complexity index is 3300. The summed E-state index contributed by atoms with van der Waals surface area (Å²) in [4.78, 5) is 58.4. The summed E-state index contributed by atoms with van der Waals surface area (Å²) in [6.07, 6.45) is 0. The van der Waals surface area contributed by atoms with Crippen LogP contribution in [0.15, 0.2) is 59.9 Å². The minimum atomic E-state index is -4.94. The van der Waals surface area contributed by atoms with Crippen molar-refractivity contribution in [2.45, 2.75) is 69.0 Å². The molecule has 12 aliphatic heterocycles. The second-order valence-electron chi connectivity index (χ2n) is 23.4. The van der Waals surface area contributed by atoms with Gasteiger partial charge in [-0.15, -0.1) is 61.5 Å². The fourth-order valence-corrected chi connectivity index (χ4v) is 35.9. The average molecular weight is 2970 g/mol. The smallest absolute Gasteiger partial charge is 0.271 e. The second-order valence-corrected chi connectivity index (χ2v) is 55.6. The molecule has 0 bridgehead atoms. The van der Waals surface area contributed by atoms with Crippen LogP contribution in [0.4, 0.5) is 0 Å². The molecule has 0 saturated carbocycles. The van der Waals surface area contributed by atoms with Crippen molar-refractivity contribution < 1.29 is 308 Å². The summed E-state index contributed by atoms with van der Waals surface area (Å²) in [6.45, 7) is 11.3. The SMILES string of the molecule is C1CSC(SCc2c(CSC3=NCCS3)c(CSC3=NCCS3)c(CSC3=NCCS3)c(CSC3=NCCS3)c2CSC2=NCCS2)=N1.C1CSC(SCc2c(CSC3=NCCS3)c(CSC3=NCCS3)c(CSC3=NCCS3)c(CSC3=NCCS3)c2CSC2=NCCS2)=N1.[Ag+].[Ag+].[Ag+].[Ag+].[Ag+].[Ag+].[O-][Cl+3]([O-])([O-])[O-].[O-][Cl+3]([O-])([O-])[O-].[O-][Cl+3]([O-])([O-])[O-].[O-][Cl+3]([O-])([O-])[O-].[O-][Cl+3]([O-])([O-])[O-].[O-][Cl+3]([O-])([O-])[O-]. The maximum atomic E-state index is 8.49. The van der Waals surface area contributed by atoms with E-state index in [1.54, 1.807) is 0 Å². The van der Waals surface area contributed by atoms with Crippen LogP contribution in [0.2, 0.25) is 0 Å². The molecule has 2 aromatic carbocycles. The van der Waals surface area contributed by atoms with Gasteiger partial charge in [-0.2, -0.15) is 0 Å². The third kappa shape index (κ3) is 64.8. The number of hydrogen-bond donors (Lipinski definition) is 0. The van der Waals surface area contributed by atoms with Crippen molar-refractivity contribution in [1.82, 2.24) is 0 Å². The van der Waals surface area contributed by atoms with E-state index in [1.165, 1.54) is 119 Å². The molecule has 0 unspecified atom stereocenters. The van der Waals surface area contributed by atoms with Crippen LogP contribution in [0, 0.1) is 61.5 Å². The third-order valence-corrected chi connectivity index (χ3v) is 42.5. The first-order chi connectivity index (χ1) is 59.6. The molecule has 72 heteroatoms. The minimum Gasteiger partial charge on any atom is -0.271 e. The van der Waals surface area contributed by atoms with E-state index >= 15 is 0 Å². The molecule has 0 spiro atoms. The number of benzene rings is 2. The van der Waals surface area contributed by atoms with Gasteiger partial charge in [0.05, 0.1) is 78.5 Å². The molecular formula is C60H72Ag6Cl6N12O24S24. The minimum absolute atomic E-state index is 0. The van der Waals surface area contributed by atoms with Gasteiger partial charge in [0.1, 0.15) is 52.5 Å². The summed E-state index contributed by atoms with van der Waals surface area (Å²) in [5.41, 5.74) is 18.3. The Balaban J connectivity index is 0.000000973. The van der Waals surface area contributed by atoms with Gasteiger partial charge in [0.15, 0.2) is 0 Å². The Labute approximate surface area is 970 Å². The summed E-state index contributed by atoms with van der Waals surface area (Å²) in [6, 6.07) is 0. The van der Waals surface area contributed by atoms with Gasteiger partial charge in [-0.3, -0.25) is 59.9 Å². The molecule has 0 aliphatic carbocycles. The van der Waals surface area contributed by atoms with Crippen molar-refractivity contribution in [3.05, 3.63) is 66.8 Å². The summed E-state index contributed by atoms with van der Waals surface area (Å²) in [5, 5.41) is 0. The van der Waals surface area contributed by atoms with Crippen molar-refractivity contribution in [2.24, 2.45) is 59.9 Å². The molecule has 12 heterocycles. The average Bonchev–Trinajstić information content (AvgIpc) is 0.982. The van der Waals surface area contributed by atoms with Crippen molar-refractivity contribution in [1.29, 1.82) is 0 Å². The van der Waals surface area contributed by atoms with E-state index in [1.807, 2.05) is 282 Å². The Kier molecular flexibility index (Phi) is 78.4. The van der Waals surface area contributed by atoms with E-state index in [0.717, 1.165) is 217 Å². The van der Waals surface area contributed by atoms with Crippen molar-refractivity contribution in [3.63, 3.8) is 0 Å². The van der Waals surface area contributed by atoms with Crippen LogP contribution in [-0.4, -0.2) is 200 Å². The molecule has 12 aliphatic rings. The van der Waals surface area contributed by atoms with E-state index in [-0.39, 0.29) is 134 Å². The molecule has 0 N–H and O–H groups in total. The van der Waals surface area contributed by atoms with Gasteiger partial charge in [-0.05, 0) is 66.8 Å². The zero-order valence-electron chi connectivity index (χ0n) is 66.5. The third-order valence-electron chi connectivity index (χ3n) is 15.1. The molecule has 0 aromatic heterocycles. The van der Waals surface area contributed by atoms with Crippen molar-refractivity contribution in [3.8, 4) is 0 Å². The second kappa shape index (κ2) is 75.0. The van der Waals surface area contributed by atoms with Gasteiger partial charge in [-0.25, -0.2) is 112 Å². The number of thioether (sulfide) groups is 24. The number of halogens is 6. The van der Waals surface area contributed by atoms with Gasteiger partial charge < -0.3 is 0 Å². The maximum Gasteiger partial charge on any atom is 1.00 e. The summed E-state index contributed by atoms with van der Waals surface area (Å²) in [7, 11) is -29.7. The molecule has 36 nitrogen and oxygen atoms in total. The fraction of sp³-hybridized carbons (Fsp3) is 0.600. The van der Waals surface area contributed by atoms with Crippen molar-refractivity contribution >= 4 is 335 Å². The van der Waals surface area contributed by atoms with E-state index < -0.39 is 61.5 Å². The normalized spacial score (nSPS) is 17.8. The maximum absolute atomic E-state index is 8.49. The topological polar surface area (TPSA) is 702 Å². The molecule has 0 saturated heterocycles. The molecular weight excluding hydrogens is 2900 g/mol. The van der Waals surface area contributed by atoms with E-state index in [4.69, 9.17) is 172 Å². The summed E-state index contributed by atoms with van der Waals surface area (Å²) >= 11 is 46.5. The number of nitrogens with zero attached hydrogens (tertiary/aromatic N) is 12. The first-order valence-electron chi connectivity index (χ1n) is 35.3. The largest absolute Gasteiger partial charge is 1.00 e. The van der Waals surface area contributed by atoms with Gasteiger partial charge >= 0.3 is 134 Å². The summed E-state index contributed by atoms with van der Waals surface area (Å²) in [5.74, 6) is 24.6. The van der Waals surface area contributed by atoms with Crippen LogP contribution < -0.4 is 112 Å². The van der Waals surface area contributed by atoms with Gasteiger partial charge in [0.2, 0.25) is 0 Å². The molecule has 14 rings (SSSR count). The van der Waals surface area contributed by atoms with Gasteiger partial charge in [-0.1, -0.05) is 282 Å². The zero-order chi connectivity index (χ0) is 91.8. The van der Waals surface area contributed by atoms with Crippen LogP contribution in [0.5, 0.6) is 0 Å². The molecule has 132 heavy (non-hydrogen) atoms. The first kappa shape index (κ1) is 138. The van der Waals surface area contributed by atoms with Crippen LogP contribution in [0.1, 0.15) is 66.8 Å². The van der Waals surface area contributed by atoms with Gasteiger partial charge in [0, 0.05) is 138 Å². The predicted octanol–water partition coefficient (Wildman–Crippen LogP) is -9.15. The Morgan fingerprint density at radius 2 is 0.205 bits per heavy atom. The Morgan fingerprint density at radius 3 is 0.250 bits per heavy atom. The monoisotopic (exact) mass is 2960 g/mol.